The van der Waals surface area contributed by atoms with Gasteiger partial charge in [0.1, 0.15) is 5.75 Å². The number of likely N-dealkylation sites (N-methyl/N-ethyl adjacent to an activating group) is 1. The molecule has 2 rings (SSSR count). The zero-order valence-corrected chi connectivity index (χ0v) is 15.4. The van der Waals surface area contributed by atoms with Crippen LogP contribution >= 0.6 is 31.9 Å². The van der Waals surface area contributed by atoms with Crippen molar-refractivity contribution in [2.24, 2.45) is 0 Å². The highest BCUT2D eigenvalue weighted by Crippen LogP contribution is 2.29. The SMILES string of the molecule is CCNC(Cc1cccc(Br)c1)c1ccc(OC)c(Br)c1. The number of methoxy groups -OCH3 is 1. The molecule has 112 valence electrons. The van der Waals surface area contributed by atoms with E-state index in [4.69, 9.17) is 4.74 Å². The van der Waals surface area contributed by atoms with Gasteiger partial charge in [-0.1, -0.05) is 41.1 Å². The Labute approximate surface area is 143 Å². The Morgan fingerprint density at radius 3 is 2.57 bits per heavy atom. The molecule has 0 saturated carbocycles. The molecule has 21 heavy (non-hydrogen) atoms. The van der Waals surface area contributed by atoms with Crippen molar-refractivity contribution in [3.05, 3.63) is 62.5 Å². The summed E-state index contributed by atoms with van der Waals surface area (Å²) in [6.45, 7) is 3.06. The van der Waals surface area contributed by atoms with E-state index in [0.717, 1.165) is 27.7 Å². The Morgan fingerprint density at radius 1 is 1.14 bits per heavy atom. The molecule has 0 bridgehead atoms. The number of hydrogen-bond acceptors (Lipinski definition) is 2. The fourth-order valence-electron chi connectivity index (χ4n) is 2.35. The first kappa shape index (κ1) is 16.5. The maximum atomic E-state index is 5.30. The summed E-state index contributed by atoms with van der Waals surface area (Å²) in [7, 11) is 1.68. The minimum Gasteiger partial charge on any atom is -0.496 e. The Morgan fingerprint density at radius 2 is 1.95 bits per heavy atom. The quantitative estimate of drug-likeness (QED) is 0.711. The molecule has 0 aromatic heterocycles. The summed E-state index contributed by atoms with van der Waals surface area (Å²) in [6.07, 6.45) is 0.950. The summed E-state index contributed by atoms with van der Waals surface area (Å²) in [4.78, 5) is 0. The Bertz CT molecular complexity index is 601. The van der Waals surface area contributed by atoms with E-state index in [1.807, 2.05) is 6.07 Å². The van der Waals surface area contributed by atoms with Crippen molar-refractivity contribution in [1.29, 1.82) is 0 Å². The van der Waals surface area contributed by atoms with Crippen LogP contribution in [-0.4, -0.2) is 13.7 Å². The van der Waals surface area contributed by atoms with Crippen molar-refractivity contribution in [3.8, 4) is 5.75 Å². The highest BCUT2D eigenvalue weighted by molar-refractivity contribution is 9.10. The number of ether oxygens (including phenoxy) is 1. The third-order valence-electron chi connectivity index (χ3n) is 3.36. The molecule has 0 fully saturated rings. The summed E-state index contributed by atoms with van der Waals surface area (Å²) in [5.41, 5.74) is 2.56. The molecular weight excluding hydrogens is 394 g/mol. The van der Waals surface area contributed by atoms with Crippen LogP contribution in [0.3, 0.4) is 0 Å². The molecule has 0 aliphatic rings. The average Bonchev–Trinajstić information content (AvgIpc) is 2.47. The molecule has 2 nitrogen and oxygen atoms in total. The number of rotatable bonds is 6. The molecule has 0 aliphatic carbocycles. The molecule has 0 spiro atoms. The van der Waals surface area contributed by atoms with E-state index in [9.17, 15) is 0 Å². The Balaban J connectivity index is 2.24. The summed E-state index contributed by atoms with van der Waals surface area (Å²) in [5.74, 6) is 0.858. The van der Waals surface area contributed by atoms with E-state index in [2.05, 4.69) is 80.5 Å². The van der Waals surface area contributed by atoms with Crippen LogP contribution in [0.5, 0.6) is 5.75 Å². The molecule has 2 aromatic carbocycles. The normalized spacial score (nSPS) is 12.2. The molecule has 1 atom stereocenters. The van der Waals surface area contributed by atoms with Crippen LogP contribution in [0, 0.1) is 0 Å². The molecule has 0 aliphatic heterocycles. The fraction of sp³-hybridized carbons (Fsp3) is 0.294. The van der Waals surface area contributed by atoms with Gasteiger partial charge in [0.05, 0.1) is 11.6 Å². The van der Waals surface area contributed by atoms with Gasteiger partial charge in [0.2, 0.25) is 0 Å². The van der Waals surface area contributed by atoms with E-state index in [1.165, 1.54) is 11.1 Å². The molecule has 0 amide bonds. The smallest absolute Gasteiger partial charge is 0.133 e. The number of hydrogen-bond donors (Lipinski definition) is 1. The molecular formula is C17H19Br2NO. The van der Waals surface area contributed by atoms with E-state index in [-0.39, 0.29) is 6.04 Å². The fourth-order valence-corrected chi connectivity index (χ4v) is 3.36. The van der Waals surface area contributed by atoms with Crippen molar-refractivity contribution in [2.45, 2.75) is 19.4 Å². The summed E-state index contributed by atoms with van der Waals surface area (Å²) in [6, 6.07) is 15.0. The Kier molecular flexibility index (Phi) is 6.27. The van der Waals surface area contributed by atoms with Crippen molar-refractivity contribution in [1.82, 2.24) is 5.32 Å². The van der Waals surface area contributed by atoms with E-state index < -0.39 is 0 Å². The van der Waals surface area contributed by atoms with Crippen molar-refractivity contribution in [3.63, 3.8) is 0 Å². The zero-order chi connectivity index (χ0) is 15.2. The second-order valence-electron chi connectivity index (χ2n) is 4.84. The summed E-state index contributed by atoms with van der Waals surface area (Å²) in [5, 5.41) is 3.55. The largest absolute Gasteiger partial charge is 0.496 e. The van der Waals surface area contributed by atoms with Gasteiger partial charge >= 0.3 is 0 Å². The highest BCUT2D eigenvalue weighted by Gasteiger charge is 2.13. The van der Waals surface area contributed by atoms with Crippen molar-refractivity contribution in [2.75, 3.05) is 13.7 Å². The molecule has 0 heterocycles. The lowest BCUT2D eigenvalue weighted by Gasteiger charge is -2.19. The number of nitrogens with one attached hydrogen (secondary N) is 1. The van der Waals surface area contributed by atoms with Gasteiger partial charge in [-0.25, -0.2) is 0 Å². The highest BCUT2D eigenvalue weighted by atomic mass is 79.9. The first-order valence-electron chi connectivity index (χ1n) is 6.95. The molecule has 0 saturated heterocycles. The lowest BCUT2D eigenvalue weighted by atomic mass is 9.99. The van der Waals surface area contributed by atoms with Gasteiger partial charge in [-0.3, -0.25) is 0 Å². The van der Waals surface area contributed by atoms with Crippen LogP contribution in [-0.2, 0) is 6.42 Å². The molecule has 4 heteroatoms. The maximum Gasteiger partial charge on any atom is 0.133 e. The maximum absolute atomic E-state index is 5.30. The Hall–Kier alpha value is -0.840. The van der Waals surface area contributed by atoms with Gasteiger partial charge in [0.15, 0.2) is 0 Å². The van der Waals surface area contributed by atoms with Gasteiger partial charge in [-0.05, 0) is 64.3 Å². The second-order valence-corrected chi connectivity index (χ2v) is 6.61. The molecule has 1 unspecified atom stereocenters. The first-order chi connectivity index (χ1) is 10.1. The van der Waals surface area contributed by atoms with Gasteiger partial charge in [-0.2, -0.15) is 0 Å². The van der Waals surface area contributed by atoms with Crippen molar-refractivity contribution < 1.29 is 4.74 Å². The van der Waals surface area contributed by atoms with Gasteiger partial charge in [0.25, 0.3) is 0 Å². The summed E-state index contributed by atoms with van der Waals surface area (Å²) < 4.78 is 7.40. The zero-order valence-electron chi connectivity index (χ0n) is 12.2. The van der Waals surface area contributed by atoms with Crippen molar-refractivity contribution >= 4 is 31.9 Å². The average molecular weight is 413 g/mol. The van der Waals surface area contributed by atoms with Crippen LogP contribution in [0.4, 0.5) is 0 Å². The second kappa shape index (κ2) is 7.97. The summed E-state index contributed by atoms with van der Waals surface area (Å²) >= 11 is 7.10. The monoisotopic (exact) mass is 411 g/mol. The third kappa shape index (κ3) is 4.56. The van der Waals surface area contributed by atoms with Crippen LogP contribution in [0.15, 0.2) is 51.4 Å². The van der Waals surface area contributed by atoms with Gasteiger partial charge in [0, 0.05) is 10.5 Å². The van der Waals surface area contributed by atoms with E-state index >= 15 is 0 Å². The third-order valence-corrected chi connectivity index (χ3v) is 4.47. The number of benzene rings is 2. The predicted octanol–water partition coefficient (Wildman–Crippen LogP) is 5.11. The van der Waals surface area contributed by atoms with Crippen LogP contribution in [0.2, 0.25) is 0 Å². The van der Waals surface area contributed by atoms with Gasteiger partial charge in [-0.15, -0.1) is 0 Å². The lowest BCUT2D eigenvalue weighted by molar-refractivity contribution is 0.411. The predicted molar refractivity (Wildman–Crippen MR) is 95.0 cm³/mol. The van der Waals surface area contributed by atoms with Crippen LogP contribution in [0.1, 0.15) is 24.1 Å². The lowest BCUT2D eigenvalue weighted by Crippen LogP contribution is -2.23. The van der Waals surface area contributed by atoms with Gasteiger partial charge < -0.3 is 10.1 Å². The van der Waals surface area contributed by atoms with E-state index in [0.29, 0.717) is 0 Å². The minimum absolute atomic E-state index is 0.284. The topological polar surface area (TPSA) is 21.3 Å². The van der Waals surface area contributed by atoms with Crippen LogP contribution < -0.4 is 10.1 Å². The number of halogens is 2. The van der Waals surface area contributed by atoms with E-state index in [1.54, 1.807) is 7.11 Å². The molecule has 0 radical (unpaired) electrons. The molecule has 2 aromatic rings. The first-order valence-corrected chi connectivity index (χ1v) is 8.54. The standard InChI is InChI=1S/C17H19Br2NO/c1-3-20-16(10-12-5-4-6-14(18)9-12)13-7-8-17(21-2)15(19)11-13/h4-9,11,16,20H,3,10H2,1-2H3. The van der Waals surface area contributed by atoms with Crippen LogP contribution in [0.25, 0.3) is 0 Å². The minimum atomic E-state index is 0.284. The molecule has 1 N–H and O–H groups in total.